The van der Waals surface area contributed by atoms with E-state index in [4.69, 9.17) is 0 Å². The fraction of sp³-hybridized carbons (Fsp3) is 0.500. The molecule has 0 saturated carbocycles. The highest BCUT2D eigenvalue weighted by Gasteiger charge is 2.25. The third kappa shape index (κ3) is 1.95. The van der Waals surface area contributed by atoms with Gasteiger partial charge in [0.25, 0.3) is 0 Å². The van der Waals surface area contributed by atoms with Gasteiger partial charge >= 0.3 is 0 Å². The van der Waals surface area contributed by atoms with E-state index in [1.54, 1.807) is 0 Å². The Morgan fingerprint density at radius 3 is 2.85 bits per heavy atom. The van der Waals surface area contributed by atoms with Crippen LogP contribution in [0.25, 0.3) is 0 Å². The summed E-state index contributed by atoms with van der Waals surface area (Å²) >= 11 is 2.28. The van der Waals surface area contributed by atoms with Gasteiger partial charge in [-0.05, 0) is 47.1 Å². The topological polar surface area (TPSA) is 16.1 Å². The highest BCUT2D eigenvalue weighted by molar-refractivity contribution is 14.1. The van der Waals surface area contributed by atoms with E-state index < -0.39 is 0 Å². The molecule has 0 bridgehead atoms. The molecule has 0 amide bonds. The zero-order chi connectivity index (χ0) is 9.26. The molecule has 0 aliphatic carbocycles. The number of pyridine rings is 1. The van der Waals surface area contributed by atoms with E-state index in [0.717, 1.165) is 11.7 Å². The minimum Gasteiger partial charge on any atom is -0.356 e. The lowest BCUT2D eigenvalue weighted by Crippen LogP contribution is -2.46. The summed E-state index contributed by atoms with van der Waals surface area (Å²) in [6, 6.07) is 4.22. The second-order valence-corrected chi connectivity index (χ2v) is 4.76. The summed E-state index contributed by atoms with van der Waals surface area (Å²) < 4.78 is 1.20. The molecule has 1 fully saturated rings. The molecule has 0 spiro atoms. The van der Waals surface area contributed by atoms with Gasteiger partial charge in [-0.1, -0.05) is 6.92 Å². The van der Waals surface area contributed by atoms with Crippen LogP contribution in [0.2, 0.25) is 0 Å². The van der Waals surface area contributed by atoms with Gasteiger partial charge in [-0.15, -0.1) is 0 Å². The van der Waals surface area contributed by atoms with E-state index in [1.807, 2.05) is 6.20 Å². The maximum atomic E-state index is 4.39. The largest absolute Gasteiger partial charge is 0.356 e. The van der Waals surface area contributed by atoms with Crippen molar-refractivity contribution in [1.82, 2.24) is 4.98 Å². The summed E-state index contributed by atoms with van der Waals surface area (Å²) in [5.41, 5.74) is 0. The molecule has 70 valence electrons. The number of rotatable bonds is 2. The van der Waals surface area contributed by atoms with E-state index in [-0.39, 0.29) is 0 Å². The minimum absolute atomic E-state index is 0.890. The fourth-order valence-electron chi connectivity index (χ4n) is 1.57. The SMILES string of the molecule is CCC1CN(c2ccc(I)cn2)C1. The summed E-state index contributed by atoms with van der Waals surface area (Å²) in [6.45, 7) is 4.62. The first-order valence-corrected chi connectivity index (χ1v) is 5.74. The molecule has 2 rings (SSSR count). The molecule has 1 aliphatic rings. The Morgan fingerprint density at radius 2 is 2.31 bits per heavy atom. The molecule has 1 aromatic heterocycles. The first-order valence-electron chi connectivity index (χ1n) is 4.66. The number of hydrogen-bond donors (Lipinski definition) is 0. The molecule has 3 heteroatoms. The van der Waals surface area contributed by atoms with Crippen molar-refractivity contribution in [3.05, 3.63) is 21.9 Å². The molecule has 0 atom stereocenters. The van der Waals surface area contributed by atoms with Crippen molar-refractivity contribution in [2.24, 2.45) is 5.92 Å². The van der Waals surface area contributed by atoms with E-state index in [2.05, 4.69) is 51.5 Å². The van der Waals surface area contributed by atoms with Crippen LogP contribution in [0.15, 0.2) is 18.3 Å². The smallest absolute Gasteiger partial charge is 0.128 e. The fourth-order valence-corrected chi connectivity index (χ4v) is 1.89. The third-order valence-electron chi connectivity index (χ3n) is 2.57. The Kier molecular flexibility index (Phi) is 2.71. The molecule has 1 aromatic rings. The van der Waals surface area contributed by atoms with Crippen molar-refractivity contribution in [2.45, 2.75) is 13.3 Å². The lowest BCUT2D eigenvalue weighted by Gasteiger charge is -2.39. The molecule has 1 saturated heterocycles. The van der Waals surface area contributed by atoms with E-state index in [0.29, 0.717) is 0 Å². The predicted molar refractivity (Wildman–Crippen MR) is 62.9 cm³/mol. The van der Waals surface area contributed by atoms with Crippen LogP contribution in [0.4, 0.5) is 5.82 Å². The second kappa shape index (κ2) is 3.82. The average Bonchev–Trinajstić information content (AvgIpc) is 2.06. The molecular weight excluding hydrogens is 275 g/mol. The quantitative estimate of drug-likeness (QED) is 0.777. The number of aromatic nitrogens is 1. The average molecular weight is 288 g/mol. The molecule has 0 radical (unpaired) electrons. The van der Waals surface area contributed by atoms with Gasteiger partial charge < -0.3 is 4.90 Å². The molecule has 0 aromatic carbocycles. The van der Waals surface area contributed by atoms with E-state index in [9.17, 15) is 0 Å². The normalized spacial score (nSPS) is 17.2. The Morgan fingerprint density at radius 1 is 1.54 bits per heavy atom. The molecule has 1 aliphatic heterocycles. The number of hydrogen-bond acceptors (Lipinski definition) is 2. The summed E-state index contributed by atoms with van der Waals surface area (Å²) in [6.07, 6.45) is 3.22. The summed E-state index contributed by atoms with van der Waals surface area (Å²) in [7, 11) is 0. The van der Waals surface area contributed by atoms with Crippen LogP contribution in [-0.2, 0) is 0 Å². The highest BCUT2D eigenvalue weighted by Crippen LogP contribution is 2.24. The van der Waals surface area contributed by atoms with Gasteiger partial charge in [0.1, 0.15) is 5.82 Å². The van der Waals surface area contributed by atoms with Gasteiger partial charge in [-0.2, -0.15) is 0 Å². The zero-order valence-electron chi connectivity index (χ0n) is 7.70. The minimum atomic E-state index is 0.890. The van der Waals surface area contributed by atoms with Crippen molar-refractivity contribution in [3.8, 4) is 0 Å². The van der Waals surface area contributed by atoms with Crippen LogP contribution in [-0.4, -0.2) is 18.1 Å². The lowest BCUT2D eigenvalue weighted by molar-refractivity contribution is 0.396. The molecule has 2 heterocycles. The lowest BCUT2D eigenvalue weighted by atomic mass is 9.97. The van der Waals surface area contributed by atoms with Crippen molar-refractivity contribution < 1.29 is 0 Å². The highest BCUT2D eigenvalue weighted by atomic mass is 127. The standard InChI is InChI=1S/C10H13IN2/c1-2-8-6-13(7-8)10-4-3-9(11)5-12-10/h3-5,8H,2,6-7H2,1H3. The Hall–Kier alpha value is -0.320. The molecular formula is C10H13IN2. The van der Waals surface area contributed by atoms with Crippen molar-refractivity contribution in [3.63, 3.8) is 0 Å². The van der Waals surface area contributed by atoms with Gasteiger partial charge in [0.05, 0.1) is 0 Å². The predicted octanol–water partition coefficient (Wildman–Crippen LogP) is 2.53. The first kappa shape index (κ1) is 9.24. The van der Waals surface area contributed by atoms with Crippen LogP contribution in [0, 0.1) is 9.49 Å². The molecule has 0 N–H and O–H groups in total. The monoisotopic (exact) mass is 288 g/mol. The van der Waals surface area contributed by atoms with Crippen LogP contribution in [0.3, 0.4) is 0 Å². The van der Waals surface area contributed by atoms with Gasteiger partial charge in [-0.3, -0.25) is 0 Å². The van der Waals surface area contributed by atoms with Gasteiger partial charge in [0, 0.05) is 22.9 Å². The van der Waals surface area contributed by atoms with Crippen LogP contribution >= 0.6 is 22.6 Å². The Bertz CT molecular complexity index is 277. The van der Waals surface area contributed by atoms with Crippen LogP contribution in [0.5, 0.6) is 0 Å². The van der Waals surface area contributed by atoms with Gasteiger partial charge in [0.15, 0.2) is 0 Å². The molecule has 2 nitrogen and oxygen atoms in total. The van der Waals surface area contributed by atoms with Crippen molar-refractivity contribution >= 4 is 28.4 Å². The number of anilines is 1. The maximum Gasteiger partial charge on any atom is 0.128 e. The first-order chi connectivity index (χ1) is 6.29. The summed E-state index contributed by atoms with van der Waals surface area (Å²) in [5.74, 6) is 2.02. The van der Waals surface area contributed by atoms with Crippen LogP contribution in [0.1, 0.15) is 13.3 Å². The summed E-state index contributed by atoms with van der Waals surface area (Å²) in [5, 5.41) is 0. The number of halogens is 1. The van der Waals surface area contributed by atoms with Gasteiger partial charge in [0.2, 0.25) is 0 Å². The maximum absolute atomic E-state index is 4.39. The van der Waals surface area contributed by atoms with Crippen molar-refractivity contribution in [1.29, 1.82) is 0 Å². The van der Waals surface area contributed by atoms with E-state index in [1.165, 1.54) is 23.1 Å². The van der Waals surface area contributed by atoms with Gasteiger partial charge in [-0.25, -0.2) is 4.98 Å². The Labute approximate surface area is 92.5 Å². The third-order valence-corrected chi connectivity index (χ3v) is 3.21. The van der Waals surface area contributed by atoms with E-state index >= 15 is 0 Å². The zero-order valence-corrected chi connectivity index (χ0v) is 9.86. The van der Waals surface area contributed by atoms with Crippen LogP contribution < -0.4 is 4.90 Å². The Balaban J connectivity index is 1.99. The molecule has 13 heavy (non-hydrogen) atoms. The second-order valence-electron chi connectivity index (χ2n) is 3.51. The summed E-state index contributed by atoms with van der Waals surface area (Å²) in [4.78, 5) is 6.72. The van der Waals surface area contributed by atoms with Crippen molar-refractivity contribution in [2.75, 3.05) is 18.0 Å². The number of nitrogens with zero attached hydrogens (tertiary/aromatic N) is 2. The molecule has 0 unspecified atom stereocenters.